The number of alkyl carbamates (subject to hydrolysis) is 1. The highest BCUT2D eigenvalue weighted by molar-refractivity contribution is 7.68. The first-order chi connectivity index (χ1) is 11.8. The minimum Gasteiger partial charge on any atom is -0.508 e. The van der Waals surface area contributed by atoms with Crippen molar-refractivity contribution in [2.24, 2.45) is 0 Å². The van der Waals surface area contributed by atoms with E-state index in [0.29, 0.717) is 25.5 Å². The van der Waals surface area contributed by atoms with Crippen molar-refractivity contribution in [1.29, 1.82) is 0 Å². The van der Waals surface area contributed by atoms with Crippen LogP contribution in [0.5, 0.6) is 5.75 Å². The lowest BCUT2D eigenvalue weighted by atomic mass is 9.93. The van der Waals surface area contributed by atoms with E-state index in [2.05, 4.69) is 5.32 Å². The van der Waals surface area contributed by atoms with E-state index in [-0.39, 0.29) is 5.75 Å². The third-order valence-corrected chi connectivity index (χ3v) is 4.33. The normalized spacial score (nSPS) is 17.1. The zero-order valence-electron chi connectivity index (χ0n) is 15.1. The second-order valence-corrected chi connectivity index (χ2v) is 8.07. The molecule has 0 spiro atoms. The molecule has 6 nitrogen and oxygen atoms in total. The summed E-state index contributed by atoms with van der Waals surface area (Å²) < 4.78 is 16.2. The third kappa shape index (κ3) is 7.13. The van der Waals surface area contributed by atoms with Gasteiger partial charge in [0.2, 0.25) is 0 Å². The molecule has 1 fully saturated rings. The maximum absolute atomic E-state index is 12.1. The lowest BCUT2D eigenvalue weighted by Gasteiger charge is -2.34. The molecule has 2 rings (SSSR count). The molecule has 0 aliphatic carbocycles. The van der Waals surface area contributed by atoms with E-state index in [4.69, 9.17) is 13.1 Å². The van der Waals surface area contributed by atoms with Gasteiger partial charge in [-0.05, 0) is 57.7 Å². The monoisotopic (exact) mass is 370 g/mol. The fraction of sp³-hybridized carbons (Fsp3) is 0.611. The number of carbonyl (C=O) groups excluding carboxylic acids is 1. The van der Waals surface area contributed by atoms with Crippen LogP contribution in [0.25, 0.3) is 0 Å². The molecule has 7 heteroatoms. The zero-order chi connectivity index (χ0) is 18.3. The van der Waals surface area contributed by atoms with Crippen LogP contribution in [0.3, 0.4) is 0 Å². The smallest absolute Gasteiger partial charge is 0.408 e. The molecule has 0 unspecified atom stereocenters. The SMILES string of the molecule is CC(C)(C)OC(=O)NC1(CCCCc2ccc(O)cc2)CO[SH+]OC1. The molecule has 1 aromatic rings. The highest BCUT2D eigenvalue weighted by atomic mass is 32.2. The van der Waals surface area contributed by atoms with Crippen molar-refractivity contribution in [3.63, 3.8) is 0 Å². The summed E-state index contributed by atoms with van der Waals surface area (Å²) in [6, 6.07) is 7.25. The molecule has 0 bridgehead atoms. The molecule has 0 saturated carbocycles. The fourth-order valence-electron chi connectivity index (χ4n) is 2.63. The van der Waals surface area contributed by atoms with Crippen molar-refractivity contribution in [3.05, 3.63) is 29.8 Å². The molecule has 1 aliphatic rings. The van der Waals surface area contributed by atoms with Crippen LogP contribution in [0.15, 0.2) is 24.3 Å². The number of aromatic hydroxyl groups is 1. The first-order valence-corrected chi connectivity index (χ1v) is 9.24. The number of rotatable bonds is 6. The second-order valence-electron chi connectivity index (χ2n) is 7.40. The van der Waals surface area contributed by atoms with Gasteiger partial charge in [0.1, 0.15) is 30.1 Å². The Morgan fingerprint density at radius 3 is 2.48 bits per heavy atom. The van der Waals surface area contributed by atoms with Crippen molar-refractivity contribution >= 4 is 18.4 Å². The Balaban J connectivity index is 1.84. The molecule has 1 amide bonds. The van der Waals surface area contributed by atoms with E-state index in [1.165, 1.54) is 5.56 Å². The molecule has 0 aromatic heterocycles. The molecule has 25 heavy (non-hydrogen) atoms. The van der Waals surface area contributed by atoms with Gasteiger partial charge in [-0.2, -0.15) is 0 Å². The van der Waals surface area contributed by atoms with Gasteiger partial charge in [-0.25, -0.2) is 4.79 Å². The number of thiol groups is 1. The van der Waals surface area contributed by atoms with E-state index >= 15 is 0 Å². The van der Waals surface area contributed by atoms with Crippen LogP contribution in [0.2, 0.25) is 0 Å². The van der Waals surface area contributed by atoms with Gasteiger partial charge in [0.15, 0.2) is 0 Å². The summed E-state index contributed by atoms with van der Waals surface area (Å²) in [7, 11) is 0. The van der Waals surface area contributed by atoms with Crippen LogP contribution in [0.4, 0.5) is 4.79 Å². The van der Waals surface area contributed by atoms with Crippen molar-refractivity contribution in [2.75, 3.05) is 13.2 Å². The maximum Gasteiger partial charge on any atom is 0.408 e. The molecule has 1 aliphatic heterocycles. The highest BCUT2D eigenvalue weighted by Gasteiger charge is 2.40. The van der Waals surface area contributed by atoms with Gasteiger partial charge in [0, 0.05) is 0 Å². The molecular formula is C18H28NO5S+. The highest BCUT2D eigenvalue weighted by Crippen LogP contribution is 2.22. The van der Waals surface area contributed by atoms with Gasteiger partial charge in [0.05, 0.1) is 0 Å². The average molecular weight is 370 g/mol. The predicted octanol–water partition coefficient (Wildman–Crippen LogP) is 3.06. The van der Waals surface area contributed by atoms with Gasteiger partial charge in [-0.15, -0.1) is 8.37 Å². The van der Waals surface area contributed by atoms with Gasteiger partial charge >= 0.3 is 6.09 Å². The number of nitrogens with one attached hydrogen (secondary N) is 1. The van der Waals surface area contributed by atoms with Crippen LogP contribution in [0.1, 0.15) is 45.6 Å². The second kappa shape index (κ2) is 8.78. The number of amides is 1. The van der Waals surface area contributed by atoms with Crippen molar-refractivity contribution in [1.82, 2.24) is 5.32 Å². The Kier molecular flexibility index (Phi) is 6.98. The van der Waals surface area contributed by atoms with Crippen LogP contribution in [-0.4, -0.2) is 35.6 Å². The molecule has 140 valence electrons. The first kappa shape index (κ1) is 19.9. The zero-order valence-corrected chi connectivity index (χ0v) is 16.0. The molecule has 2 N–H and O–H groups in total. The molecular weight excluding hydrogens is 342 g/mol. The van der Waals surface area contributed by atoms with E-state index in [1.807, 2.05) is 32.9 Å². The number of hydrogen-bond donors (Lipinski definition) is 2. The fourth-order valence-corrected chi connectivity index (χ4v) is 3.31. The van der Waals surface area contributed by atoms with Gasteiger partial charge in [-0.1, -0.05) is 18.6 Å². The average Bonchev–Trinajstić information content (AvgIpc) is 2.52. The largest absolute Gasteiger partial charge is 0.508 e. The predicted molar refractivity (Wildman–Crippen MR) is 98.4 cm³/mol. The molecule has 0 radical (unpaired) electrons. The first-order valence-electron chi connectivity index (χ1n) is 8.51. The van der Waals surface area contributed by atoms with Crippen LogP contribution >= 0.6 is 0 Å². The lowest BCUT2D eigenvalue weighted by Crippen LogP contribution is -2.57. The quantitative estimate of drug-likeness (QED) is 0.457. The summed E-state index contributed by atoms with van der Waals surface area (Å²) in [4.78, 5) is 12.1. The number of phenolic OH excluding ortho intramolecular Hbond substituents is 1. The summed E-state index contributed by atoms with van der Waals surface area (Å²) >= 11 is 0.490. The van der Waals surface area contributed by atoms with E-state index in [1.54, 1.807) is 12.1 Å². The minimum absolute atomic E-state index is 0.278. The lowest BCUT2D eigenvalue weighted by molar-refractivity contribution is 0.0259. The van der Waals surface area contributed by atoms with Crippen LogP contribution in [0, 0.1) is 0 Å². The van der Waals surface area contributed by atoms with Crippen molar-refractivity contribution in [3.8, 4) is 5.75 Å². The molecule has 1 heterocycles. The van der Waals surface area contributed by atoms with Crippen LogP contribution in [-0.2, 0) is 31.8 Å². The van der Waals surface area contributed by atoms with Gasteiger partial charge in [0.25, 0.3) is 12.3 Å². The van der Waals surface area contributed by atoms with E-state index in [0.717, 1.165) is 25.7 Å². The Hall–Kier alpha value is -1.44. The molecule has 0 atom stereocenters. The van der Waals surface area contributed by atoms with Gasteiger partial charge < -0.3 is 15.2 Å². The minimum atomic E-state index is -0.553. The Bertz CT molecular complexity index is 550. The summed E-state index contributed by atoms with van der Waals surface area (Å²) in [6.45, 7) is 6.33. The third-order valence-electron chi connectivity index (χ3n) is 3.86. The number of ether oxygens (including phenoxy) is 1. The Morgan fingerprint density at radius 1 is 1.24 bits per heavy atom. The van der Waals surface area contributed by atoms with E-state index in [9.17, 15) is 9.90 Å². The van der Waals surface area contributed by atoms with Crippen molar-refractivity contribution in [2.45, 2.75) is 57.6 Å². The number of benzene rings is 1. The van der Waals surface area contributed by atoms with Crippen LogP contribution < -0.4 is 5.32 Å². The summed E-state index contributed by atoms with van der Waals surface area (Å²) in [5, 5.41) is 12.3. The number of aryl methyl sites for hydroxylation is 1. The Labute approximate surface area is 153 Å². The number of carbonyl (C=O) groups is 1. The summed E-state index contributed by atoms with van der Waals surface area (Å²) in [6.07, 6.45) is 3.11. The maximum atomic E-state index is 12.1. The molecule has 1 saturated heterocycles. The molecule has 1 aromatic carbocycles. The summed E-state index contributed by atoms with van der Waals surface area (Å²) in [5.41, 5.74) is 0.0861. The van der Waals surface area contributed by atoms with Crippen molar-refractivity contribution < 1.29 is 23.0 Å². The number of hydrogen-bond acceptors (Lipinski definition) is 5. The van der Waals surface area contributed by atoms with E-state index < -0.39 is 17.2 Å². The summed E-state index contributed by atoms with van der Waals surface area (Å²) in [5.74, 6) is 0.278. The standard InChI is InChI=1S/C18H27NO5S/c1-17(2,3)24-16(21)19-18(12-22-25-23-13-18)11-5-4-6-14-7-9-15(20)10-8-14/h7-10,20H,4-6,11-13H2,1-3H3,(H,19,21)/p+1. The number of phenols is 1. The van der Waals surface area contributed by atoms with Gasteiger partial charge in [-0.3, -0.25) is 0 Å². The topological polar surface area (TPSA) is 77.0 Å². The number of unbranched alkanes of at least 4 members (excludes halogenated alkanes) is 1. The Morgan fingerprint density at radius 2 is 1.88 bits per heavy atom.